The van der Waals surface area contributed by atoms with Crippen molar-refractivity contribution in [2.75, 3.05) is 0 Å². The quantitative estimate of drug-likeness (QED) is 0.144. The van der Waals surface area contributed by atoms with Crippen molar-refractivity contribution >= 4 is 12.4 Å². The molecule has 1 heterocycles. The first-order chi connectivity index (χ1) is 29.6. The Bertz CT molecular complexity index is 2100. The lowest BCUT2D eigenvalue weighted by atomic mass is 9.35. The van der Waals surface area contributed by atoms with Crippen LogP contribution in [0.25, 0.3) is 0 Å². The van der Waals surface area contributed by atoms with Gasteiger partial charge >= 0.3 is 0 Å². The van der Waals surface area contributed by atoms with E-state index < -0.39 is 0 Å². The molecule has 1 aromatic heterocycles. The van der Waals surface area contributed by atoms with Crippen LogP contribution in [0, 0.1) is 34.0 Å². The monoisotopic (exact) mass is 869 g/mol. The predicted molar refractivity (Wildman–Crippen MR) is 282 cm³/mol. The second-order valence-corrected chi connectivity index (χ2v) is 25.0. The Morgan fingerprint density at radius 3 is 2.09 bits per heavy atom. The van der Waals surface area contributed by atoms with Crippen LogP contribution in [0.2, 0.25) is 0 Å². The fourth-order valence-corrected chi connectivity index (χ4v) is 11.1. The third-order valence-corrected chi connectivity index (χ3v) is 15.7. The fourth-order valence-electron chi connectivity index (χ4n) is 11.1. The minimum atomic E-state index is -0.100. The van der Waals surface area contributed by atoms with Crippen LogP contribution in [-0.4, -0.2) is 18.8 Å². The summed E-state index contributed by atoms with van der Waals surface area (Å²) < 4.78 is 7.49. The molecule has 2 N–H and O–H groups in total. The molecule has 4 aliphatic rings. The Labute approximate surface area is 394 Å². The lowest BCUT2D eigenvalue weighted by molar-refractivity contribution is 0.282. The van der Waals surface area contributed by atoms with E-state index >= 15 is 0 Å². The maximum atomic E-state index is 7.49. The van der Waals surface area contributed by atoms with E-state index in [4.69, 9.17) is 4.42 Å². The normalized spacial score (nSPS) is 25.0. The molecule has 0 saturated carbocycles. The van der Waals surface area contributed by atoms with E-state index in [9.17, 15) is 0 Å². The highest BCUT2D eigenvalue weighted by atomic mass is 16.3. The average Bonchev–Trinajstić information content (AvgIpc) is 3.66. The highest BCUT2D eigenvalue weighted by Gasteiger charge is 2.45. The molecule has 3 nitrogen and oxygen atoms in total. The van der Waals surface area contributed by atoms with E-state index in [-0.39, 0.29) is 45.9 Å². The van der Waals surface area contributed by atoms with Crippen LogP contribution in [0.15, 0.2) is 115 Å². The van der Waals surface area contributed by atoms with Gasteiger partial charge in [0.15, 0.2) is 0 Å². The zero-order chi connectivity index (χ0) is 47.7. The van der Waals surface area contributed by atoms with Gasteiger partial charge in [-0.25, -0.2) is 0 Å². The summed E-state index contributed by atoms with van der Waals surface area (Å²) in [4.78, 5) is 0. The molecule has 4 heteroatoms. The zero-order valence-electron chi connectivity index (χ0n) is 44.8. The topological polar surface area (TPSA) is 37.2 Å². The lowest BCUT2D eigenvalue weighted by Crippen LogP contribution is -2.50. The van der Waals surface area contributed by atoms with Crippen LogP contribution in [0.1, 0.15) is 201 Å². The summed E-state index contributed by atoms with van der Waals surface area (Å²) in [5.74, 6) is 3.00. The largest absolute Gasteiger partial charge is 0.474 e. The van der Waals surface area contributed by atoms with Crippen molar-refractivity contribution in [3.8, 4) is 0 Å². The van der Waals surface area contributed by atoms with Crippen LogP contribution in [-0.2, 0) is 10.8 Å². The number of rotatable bonds is 14. The van der Waals surface area contributed by atoms with Gasteiger partial charge in [0, 0.05) is 29.4 Å². The van der Waals surface area contributed by atoms with Crippen molar-refractivity contribution in [3.63, 3.8) is 0 Å². The molecule has 352 valence electrons. The molecule has 4 aliphatic carbocycles. The molecule has 0 saturated heterocycles. The van der Waals surface area contributed by atoms with Crippen LogP contribution < -0.4 is 16.3 Å². The summed E-state index contributed by atoms with van der Waals surface area (Å²) in [6.45, 7) is 47.2. The first kappa shape index (κ1) is 51.7. The van der Waals surface area contributed by atoms with E-state index in [0.29, 0.717) is 17.8 Å². The van der Waals surface area contributed by atoms with E-state index in [2.05, 4.69) is 210 Å². The number of allylic oxidation sites excluding steroid dienone is 12. The summed E-state index contributed by atoms with van der Waals surface area (Å²) in [5, 5.41) is 8.41. The first-order valence-electron chi connectivity index (χ1n) is 25.6. The summed E-state index contributed by atoms with van der Waals surface area (Å²) >= 11 is 0. The molecule has 0 fully saturated rings. The molecule has 0 aromatic carbocycles. The standard InChI is InChI=1S/C60H93BN2O/c1-21-24-48(56(9,10)11)49(57(12,13)14)29-32-62-51-34-40(6)35-52(63-45-27-28-46-41(7)25-26-42(8)47(46)37-45)54(51)61(44(22-2)36-43(33-39(4)5)58(15,16)23-3)53-38-50-55(64-53)60(19,20)31-30-59(50,17)18/h21-22,24,27-29,32,34,36,38-39,41-42,45,52,62-63H,23,25-26,30-31,33,35,37H2,1-20H3/b24-21+,32-29+,43-36+,44-22+,49-48-. The molecular weight excluding hydrogens is 775 g/mol. The van der Waals surface area contributed by atoms with E-state index in [1.807, 2.05) is 0 Å². The SMILES string of the molecule is C/C=C(\C=C(/CC(C)C)C(C)(C)CC)B(C1=C(N/C=C/C(=C(\C=C\C)C(C)(C)C)C(C)(C)C)C=C(C)CC1NC1C=CC2=C(C1)C(C)CCC2C)c1cc2c(o1)C(C)(C)CCC2(C)C. The molecule has 4 atom stereocenters. The summed E-state index contributed by atoms with van der Waals surface area (Å²) in [6, 6.07) is 2.83. The van der Waals surface area contributed by atoms with Gasteiger partial charge in [0.25, 0.3) is 6.71 Å². The molecule has 4 unspecified atom stereocenters. The van der Waals surface area contributed by atoms with Crippen LogP contribution in [0.5, 0.6) is 0 Å². The van der Waals surface area contributed by atoms with Gasteiger partial charge in [-0.1, -0.05) is 176 Å². The number of hydrogen-bond donors (Lipinski definition) is 2. The molecule has 0 amide bonds. The molecule has 64 heavy (non-hydrogen) atoms. The third kappa shape index (κ3) is 11.6. The smallest absolute Gasteiger partial charge is 0.286 e. The Morgan fingerprint density at radius 2 is 1.52 bits per heavy atom. The van der Waals surface area contributed by atoms with Crippen molar-refractivity contribution < 1.29 is 4.42 Å². The van der Waals surface area contributed by atoms with E-state index in [0.717, 1.165) is 44.2 Å². The van der Waals surface area contributed by atoms with Gasteiger partial charge < -0.3 is 15.1 Å². The van der Waals surface area contributed by atoms with Crippen LogP contribution in [0.4, 0.5) is 0 Å². The minimum absolute atomic E-state index is 0.00511. The van der Waals surface area contributed by atoms with Gasteiger partial charge in [-0.05, 0) is 158 Å². The summed E-state index contributed by atoms with van der Waals surface area (Å²) in [7, 11) is 0. The maximum absolute atomic E-state index is 7.49. The van der Waals surface area contributed by atoms with Crippen LogP contribution >= 0.6 is 0 Å². The van der Waals surface area contributed by atoms with Gasteiger partial charge in [-0.2, -0.15) is 0 Å². The number of hydrogen-bond acceptors (Lipinski definition) is 3. The van der Waals surface area contributed by atoms with Gasteiger partial charge in [-0.15, -0.1) is 0 Å². The van der Waals surface area contributed by atoms with Gasteiger partial charge in [0.05, 0.1) is 5.66 Å². The van der Waals surface area contributed by atoms with Crippen molar-refractivity contribution in [2.45, 2.75) is 213 Å². The first-order valence-corrected chi connectivity index (χ1v) is 25.6. The number of nitrogens with one attached hydrogen (secondary N) is 2. The zero-order valence-corrected chi connectivity index (χ0v) is 44.8. The van der Waals surface area contributed by atoms with E-state index in [1.165, 1.54) is 63.1 Å². The Hall–Kier alpha value is -3.24. The second kappa shape index (κ2) is 19.9. The molecule has 0 bridgehead atoms. The molecule has 0 aliphatic heterocycles. The van der Waals surface area contributed by atoms with Crippen molar-refractivity contribution in [3.05, 3.63) is 122 Å². The Kier molecular flexibility index (Phi) is 16.1. The minimum Gasteiger partial charge on any atom is -0.474 e. The summed E-state index contributed by atoms with van der Waals surface area (Å²) in [5.41, 5.74) is 15.2. The molecular formula is C60H93BN2O. The highest BCUT2D eigenvalue weighted by molar-refractivity contribution is 6.86. The van der Waals surface area contributed by atoms with Gasteiger partial charge in [0.1, 0.15) is 5.76 Å². The second-order valence-electron chi connectivity index (χ2n) is 25.0. The molecule has 0 spiro atoms. The Balaban J connectivity index is 1.83. The molecule has 5 rings (SSSR count). The van der Waals surface area contributed by atoms with Gasteiger partial charge in [-0.3, -0.25) is 0 Å². The summed E-state index contributed by atoms with van der Waals surface area (Å²) in [6.07, 6.45) is 30.6. The average molecular weight is 869 g/mol. The molecule has 1 aromatic rings. The van der Waals surface area contributed by atoms with Crippen molar-refractivity contribution in [2.24, 2.45) is 34.0 Å². The fraction of sp³-hybridized carbons (Fsp3) is 0.633. The lowest BCUT2D eigenvalue weighted by Gasteiger charge is -2.38. The maximum Gasteiger partial charge on any atom is 0.286 e. The van der Waals surface area contributed by atoms with Gasteiger partial charge in [0.2, 0.25) is 0 Å². The van der Waals surface area contributed by atoms with Crippen molar-refractivity contribution in [1.82, 2.24) is 10.6 Å². The predicted octanol–water partition coefficient (Wildman–Crippen LogP) is 16.1. The molecule has 0 radical (unpaired) electrons. The van der Waals surface area contributed by atoms with Crippen molar-refractivity contribution in [1.29, 1.82) is 0 Å². The Morgan fingerprint density at radius 1 is 0.891 bits per heavy atom. The third-order valence-electron chi connectivity index (χ3n) is 15.7. The highest BCUT2D eigenvalue weighted by Crippen LogP contribution is 2.47. The van der Waals surface area contributed by atoms with Crippen LogP contribution in [0.3, 0.4) is 0 Å². The van der Waals surface area contributed by atoms with E-state index in [1.54, 1.807) is 11.1 Å². The number of furan rings is 1. The number of fused-ring (bicyclic) bond motifs is 1.